The number of alkyl halides is 3. The van der Waals surface area contributed by atoms with Crippen molar-refractivity contribution in [3.63, 3.8) is 0 Å². The SMILES string of the molecule is N#CCc1ccccc1-c1nc(CC(F)(F)F)no1. The molecule has 19 heavy (non-hydrogen) atoms. The Bertz CT molecular complexity index is 613. The summed E-state index contributed by atoms with van der Waals surface area (Å²) in [5, 5.41) is 12.0. The van der Waals surface area contributed by atoms with E-state index in [-0.39, 0.29) is 12.3 Å². The van der Waals surface area contributed by atoms with E-state index in [0.29, 0.717) is 11.1 Å². The van der Waals surface area contributed by atoms with Gasteiger partial charge in [-0.15, -0.1) is 0 Å². The van der Waals surface area contributed by atoms with E-state index < -0.39 is 18.4 Å². The van der Waals surface area contributed by atoms with Gasteiger partial charge >= 0.3 is 6.18 Å². The lowest BCUT2D eigenvalue weighted by Gasteiger charge is -2.01. The summed E-state index contributed by atoms with van der Waals surface area (Å²) in [6.07, 6.45) is -5.50. The van der Waals surface area contributed by atoms with E-state index in [0.717, 1.165) is 0 Å². The second-order valence-corrected chi connectivity index (χ2v) is 3.80. The topological polar surface area (TPSA) is 62.7 Å². The third kappa shape index (κ3) is 3.31. The van der Waals surface area contributed by atoms with Crippen LogP contribution in [0.2, 0.25) is 0 Å². The van der Waals surface area contributed by atoms with Crippen LogP contribution in [0.15, 0.2) is 28.8 Å². The van der Waals surface area contributed by atoms with Gasteiger partial charge in [-0.05, 0) is 11.6 Å². The van der Waals surface area contributed by atoms with E-state index in [1.54, 1.807) is 24.3 Å². The largest absolute Gasteiger partial charge is 0.396 e. The average Bonchev–Trinajstić information content (AvgIpc) is 2.76. The Hall–Kier alpha value is -2.36. The first-order valence-electron chi connectivity index (χ1n) is 5.34. The minimum Gasteiger partial charge on any atom is -0.334 e. The highest BCUT2D eigenvalue weighted by Crippen LogP contribution is 2.25. The predicted molar refractivity (Wildman–Crippen MR) is 58.8 cm³/mol. The monoisotopic (exact) mass is 267 g/mol. The highest BCUT2D eigenvalue weighted by molar-refractivity contribution is 5.59. The van der Waals surface area contributed by atoms with Crippen LogP contribution in [0.3, 0.4) is 0 Å². The van der Waals surface area contributed by atoms with Crippen molar-refractivity contribution >= 4 is 0 Å². The highest BCUT2D eigenvalue weighted by Gasteiger charge is 2.30. The minimum absolute atomic E-state index is 0.00917. The van der Waals surface area contributed by atoms with Crippen LogP contribution in [-0.2, 0) is 12.8 Å². The van der Waals surface area contributed by atoms with Crippen LogP contribution >= 0.6 is 0 Å². The molecule has 2 rings (SSSR count). The molecule has 0 aliphatic carbocycles. The molecule has 0 atom stereocenters. The van der Waals surface area contributed by atoms with Gasteiger partial charge in [0, 0.05) is 5.56 Å². The second-order valence-electron chi connectivity index (χ2n) is 3.80. The minimum atomic E-state index is -4.38. The lowest BCUT2D eigenvalue weighted by molar-refractivity contribution is -0.128. The fourth-order valence-electron chi connectivity index (χ4n) is 1.58. The maximum atomic E-state index is 12.2. The van der Waals surface area contributed by atoms with Crippen LogP contribution in [0.5, 0.6) is 0 Å². The molecule has 0 aliphatic rings. The molecule has 1 heterocycles. The van der Waals surface area contributed by atoms with E-state index >= 15 is 0 Å². The summed E-state index contributed by atoms with van der Waals surface area (Å²) < 4.78 is 41.4. The molecule has 0 saturated heterocycles. The van der Waals surface area contributed by atoms with Crippen LogP contribution in [0.1, 0.15) is 11.4 Å². The maximum Gasteiger partial charge on any atom is 0.396 e. The molecule has 0 radical (unpaired) electrons. The molecule has 4 nitrogen and oxygen atoms in total. The Morgan fingerprint density at radius 1 is 1.26 bits per heavy atom. The summed E-state index contributed by atoms with van der Waals surface area (Å²) in [6.45, 7) is 0. The smallest absolute Gasteiger partial charge is 0.334 e. The van der Waals surface area contributed by atoms with Gasteiger partial charge in [-0.25, -0.2) is 0 Å². The molecule has 0 bridgehead atoms. The Kier molecular flexibility index (Phi) is 3.51. The van der Waals surface area contributed by atoms with Gasteiger partial charge in [0.2, 0.25) is 0 Å². The fourth-order valence-corrected chi connectivity index (χ4v) is 1.58. The molecule has 2 aromatic rings. The van der Waals surface area contributed by atoms with Gasteiger partial charge in [-0.2, -0.15) is 23.4 Å². The van der Waals surface area contributed by atoms with Gasteiger partial charge in [-0.3, -0.25) is 0 Å². The number of aromatic nitrogens is 2. The molecule has 0 aliphatic heterocycles. The molecule has 1 aromatic carbocycles. The molecule has 0 amide bonds. The van der Waals surface area contributed by atoms with E-state index in [9.17, 15) is 13.2 Å². The Labute approximate surface area is 106 Å². The molecule has 7 heteroatoms. The Balaban J connectivity index is 2.31. The summed E-state index contributed by atoms with van der Waals surface area (Å²) in [5.41, 5.74) is 1.11. The van der Waals surface area contributed by atoms with Crippen molar-refractivity contribution in [2.24, 2.45) is 0 Å². The highest BCUT2D eigenvalue weighted by atomic mass is 19.4. The normalized spacial score (nSPS) is 11.3. The zero-order valence-corrected chi connectivity index (χ0v) is 9.61. The van der Waals surface area contributed by atoms with E-state index in [1.165, 1.54) is 0 Å². The van der Waals surface area contributed by atoms with Crippen molar-refractivity contribution < 1.29 is 17.7 Å². The van der Waals surface area contributed by atoms with Crippen LogP contribution in [0.4, 0.5) is 13.2 Å². The molecular weight excluding hydrogens is 259 g/mol. The van der Waals surface area contributed by atoms with Gasteiger partial charge in [0.05, 0.1) is 12.5 Å². The quantitative estimate of drug-likeness (QED) is 0.857. The predicted octanol–water partition coefficient (Wildman–Crippen LogP) is 2.91. The number of hydrogen-bond donors (Lipinski definition) is 0. The Morgan fingerprint density at radius 2 is 2.00 bits per heavy atom. The van der Waals surface area contributed by atoms with Crippen LogP contribution in [0, 0.1) is 11.3 Å². The lowest BCUT2D eigenvalue weighted by Crippen LogP contribution is -2.12. The van der Waals surface area contributed by atoms with Crippen LogP contribution in [-0.4, -0.2) is 16.3 Å². The second kappa shape index (κ2) is 5.10. The van der Waals surface area contributed by atoms with Crippen molar-refractivity contribution in [1.29, 1.82) is 5.26 Å². The third-order valence-corrected chi connectivity index (χ3v) is 2.34. The molecule has 98 valence electrons. The summed E-state index contributed by atoms with van der Waals surface area (Å²) in [4.78, 5) is 3.70. The number of hydrogen-bond acceptors (Lipinski definition) is 4. The van der Waals surface area contributed by atoms with Crippen molar-refractivity contribution in [3.05, 3.63) is 35.7 Å². The van der Waals surface area contributed by atoms with Crippen molar-refractivity contribution in [1.82, 2.24) is 10.1 Å². The molecule has 0 fully saturated rings. The van der Waals surface area contributed by atoms with Gasteiger partial charge < -0.3 is 4.52 Å². The number of nitriles is 1. The van der Waals surface area contributed by atoms with Crippen molar-refractivity contribution in [2.75, 3.05) is 0 Å². The number of benzene rings is 1. The van der Waals surface area contributed by atoms with Crippen LogP contribution in [0.25, 0.3) is 11.5 Å². The molecule has 0 saturated carbocycles. The first-order valence-corrected chi connectivity index (χ1v) is 5.34. The number of rotatable bonds is 3. The van der Waals surface area contributed by atoms with Crippen molar-refractivity contribution in [2.45, 2.75) is 19.0 Å². The molecule has 0 N–H and O–H groups in total. The zero-order chi connectivity index (χ0) is 13.9. The summed E-state index contributed by atoms with van der Waals surface area (Å²) >= 11 is 0. The van der Waals surface area contributed by atoms with E-state index in [4.69, 9.17) is 9.78 Å². The first-order chi connectivity index (χ1) is 8.99. The van der Waals surface area contributed by atoms with Gasteiger partial charge in [0.15, 0.2) is 5.82 Å². The Morgan fingerprint density at radius 3 is 2.68 bits per heavy atom. The number of nitrogens with zero attached hydrogens (tertiary/aromatic N) is 3. The average molecular weight is 267 g/mol. The van der Waals surface area contributed by atoms with Gasteiger partial charge in [0.1, 0.15) is 6.42 Å². The fraction of sp³-hybridized carbons (Fsp3) is 0.250. The number of halogens is 3. The zero-order valence-electron chi connectivity index (χ0n) is 9.61. The molecule has 0 spiro atoms. The lowest BCUT2D eigenvalue weighted by atomic mass is 10.1. The standard InChI is InChI=1S/C12H8F3N3O/c13-12(14,15)7-10-17-11(19-18-10)9-4-2-1-3-8(9)5-6-16/h1-4H,5,7H2. The van der Waals surface area contributed by atoms with Gasteiger partial charge in [0.25, 0.3) is 5.89 Å². The maximum absolute atomic E-state index is 12.2. The van der Waals surface area contributed by atoms with Crippen LogP contribution < -0.4 is 0 Å². The summed E-state index contributed by atoms with van der Waals surface area (Å²) in [7, 11) is 0. The first kappa shape index (κ1) is 13.1. The summed E-state index contributed by atoms with van der Waals surface area (Å²) in [5.74, 6) is -0.431. The molecule has 0 unspecified atom stereocenters. The van der Waals surface area contributed by atoms with E-state index in [2.05, 4.69) is 10.1 Å². The molecular formula is C12H8F3N3O. The third-order valence-electron chi connectivity index (χ3n) is 2.34. The van der Waals surface area contributed by atoms with E-state index in [1.807, 2.05) is 6.07 Å². The molecule has 1 aromatic heterocycles. The van der Waals surface area contributed by atoms with Crippen molar-refractivity contribution in [3.8, 4) is 17.5 Å². The summed E-state index contributed by atoms with van der Waals surface area (Å²) in [6, 6.07) is 8.69. The van der Waals surface area contributed by atoms with Gasteiger partial charge in [-0.1, -0.05) is 23.4 Å².